The summed E-state index contributed by atoms with van der Waals surface area (Å²) in [5.41, 5.74) is 8.21. The maximum atomic E-state index is 11.9. The van der Waals surface area contributed by atoms with Crippen LogP contribution < -0.4 is 15.8 Å². The van der Waals surface area contributed by atoms with Crippen LogP contribution >= 0.6 is 0 Å². The van der Waals surface area contributed by atoms with Gasteiger partial charge >= 0.3 is 0 Å². The van der Waals surface area contributed by atoms with E-state index in [1.165, 1.54) is 11.1 Å². The Morgan fingerprint density at radius 3 is 2.43 bits per heavy atom. The average molecular weight is 290 g/mol. The zero-order valence-electron chi connectivity index (χ0n) is 13.0. The van der Waals surface area contributed by atoms with Crippen molar-refractivity contribution in [2.45, 2.75) is 58.0 Å². The second-order valence-corrected chi connectivity index (χ2v) is 6.10. The lowest BCUT2D eigenvalue weighted by Crippen LogP contribution is -2.40. The van der Waals surface area contributed by atoms with Crippen LogP contribution in [-0.4, -0.2) is 24.6 Å². The van der Waals surface area contributed by atoms with Crippen LogP contribution in [0.3, 0.4) is 0 Å². The summed E-state index contributed by atoms with van der Waals surface area (Å²) < 4.78 is 5.66. The Balaban J connectivity index is 1.69. The molecule has 0 spiro atoms. The molecule has 4 nitrogen and oxygen atoms in total. The van der Waals surface area contributed by atoms with Gasteiger partial charge in [0.15, 0.2) is 0 Å². The third-order valence-electron chi connectivity index (χ3n) is 3.93. The van der Waals surface area contributed by atoms with Crippen molar-refractivity contribution >= 4 is 5.91 Å². The van der Waals surface area contributed by atoms with Crippen LogP contribution in [0, 0.1) is 13.8 Å². The van der Waals surface area contributed by atoms with Gasteiger partial charge in [-0.2, -0.15) is 0 Å². The van der Waals surface area contributed by atoms with E-state index < -0.39 is 0 Å². The van der Waals surface area contributed by atoms with E-state index in [4.69, 9.17) is 10.5 Å². The fourth-order valence-corrected chi connectivity index (χ4v) is 2.84. The fraction of sp³-hybridized carbons (Fsp3) is 0.588. The summed E-state index contributed by atoms with van der Waals surface area (Å²) in [7, 11) is 0. The van der Waals surface area contributed by atoms with Crippen LogP contribution in [-0.2, 0) is 4.79 Å². The molecule has 1 aliphatic carbocycles. The molecule has 0 aromatic heterocycles. The summed E-state index contributed by atoms with van der Waals surface area (Å²) in [4.78, 5) is 11.9. The van der Waals surface area contributed by atoms with E-state index in [-0.39, 0.29) is 5.91 Å². The summed E-state index contributed by atoms with van der Waals surface area (Å²) in [6.07, 6.45) is 4.39. The van der Waals surface area contributed by atoms with Crippen molar-refractivity contribution in [3.63, 3.8) is 0 Å². The molecule has 0 atom stereocenters. The maximum absolute atomic E-state index is 11.9. The van der Waals surface area contributed by atoms with Crippen molar-refractivity contribution in [2.75, 3.05) is 6.61 Å². The van der Waals surface area contributed by atoms with Gasteiger partial charge in [-0.1, -0.05) is 6.07 Å². The molecule has 116 valence electrons. The third-order valence-corrected chi connectivity index (χ3v) is 3.93. The number of nitrogens with two attached hydrogens (primary N) is 1. The Hall–Kier alpha value is -1.55. The standard InChI is InChI=1S/C17H26N2O2/c1-12-9-13(2)11-16(10-12)21-8-7-17(20)19-15-5-3-14(18)4-6-15/h9-11,14-15H,3-8,18H2,1-2H3,(H,19,20). The Morgan fingerprint density at radius 2 is 1.81 bits per heavy atom. The minimum absolute atomic E-state index is 0.0693. The second kappa shape index (κ2) is 7.46. The van der Waals surface area contributed by atoms with E-state index >= 15 is 0 Å². The zero-order valence-corrected chi connectivity index (χ0v) is 13.0. The molecular weight excluding hydrogens is 264 g/mol. The van der Waals surface area contributed by atoms with Gasteiger partial charge in [0.1, 0.15) is 5.75 Å². The predicted molar refractivity (Wildman–Crippen MR) is 84.4 cm³/mol. The number of hydrogen-bond donors (Lipinski definition) is 2. The van der Waals surface area contributed by atoms with Crippen molar-refractivity contribution in [3.05, 3.63) is 29.3 Å². The molecule has 0 unspecified atom stereocenters. The lowest BCUT2D eigenvalue weighted by molar-refractivity contribution is -0.122. The second-order valence-electron chi connectivity index (χ2n) is 6.10. The Labute approximate surface area is 127 Å². The maximum Gasteiger partial charge on any atom is 0.223 e. The summed E-state index contributed by atoms with van der Waals surface area (Å²) in [6.45, 7) is 4.50. The molecule has 1 aliphatic rings. The molecular formula is C17H26N2O2. The van der Waals surface area contributed by atoms with E-state index in [2.05, 4.69) is 11.4 Å². The molecule has 21 heavy (non-hydrogen) atoms. The first-order chi connectivity index (χ1) is 10.0. The van der Waals surface area contributed by atoms with Gasteiger partial charge in [-0.25, -0.2) is 0 Å². The summed E-state index contributed by atoms with van der Waals surface area (Å²) in [6, 6.07) is 6.69. The van der Waals surface area contributed by atoms with E-state index in [0.29, 0.717) is 25.1 Å². The SMILES string of the molecule is Cc1cc(C)cc(OCCC(=O)NC2CCC(N)CC2)c1. The predicted octanol–water partition coefficient (Wildman–Crippen LogP) is 2.46. The number of rotatable bonds is 5. The molecule has 2 rings (SSSR count). The number of carbonyl (C=O) groups is 1. The van der Waals surface area contributed by atoms with Gasteiger partial charge in [-0.15, -0.1) is 0 Å². The first-order valence-electron chi connectivity index (χ1n) is 7.79. The van der Waals surface area contributed by atoms with Gasteiger partial charge in [0, 0.05) is 12.1 Å². The van der Waals surface area contributed by atoms with Gasteiger partial charge in [0.2, 0.25) is 5.91 Å². The summed E-state index contributed by atoms with van der Waals surface area (Å²) in [5.74, 6) is 0.906. The zero-order chi connectivity index (χ0) is 15.2. The lowest BCUT2D eigenvalue weighted by Gasteiger charge is -2.26. The highest BCUT2D eigenvalue weighted by atomic mass is 16.5. The third kappa shape index (κ3) is 5.38. The minimum Gasteiger partial charge on any atom is -0.493 e. The van der Waals surface area contributed by atoms with Crippen LogP contribution in [0.4, 0.5) is 0 Å². The highest BCUT2D eigenvalue weighted by Gasteiger charge is 2.19. The molecule has 0 heterocycles. The van der Waals surface area contributed by atoms with E-state index in [9.17, 15) is 4.79 Å². The monoisotopic (exact) mass is 290 g/mol. The number of ether oxygens (including phenoxy) is 1. The normalized spacial score (nSPS) is 21.9. The number of amides is 1. The molecule has 1 fully saturated rings. The number of carbonyl (C=O) groups excluding carboxylic acids is 1. The molecule has 1 saturated carbocycles. The van der Waals surface area contributed by atoms with E-state index in [1.54, 1.807) is 0 Å². The van der Waals surface area contributed by atoms with Gasteiger partial charge in [0.05, 0.1) is 13.0 Å². The van der Waals surface area contributed by atoms with Crippen LogP contribution in [0.5, 0.6) is 5.75 Å². The molecule has 3 N–H and O–H groups in total. The number of nitrogens with one attached hydrogen (secondary N) is 1. The Bertz CT molecular complexity index is 459. The smallest absolute Gasteiger partial charge is 0.223 e. The highest BCUT2D eigenvalue weighted by molar-refractivity contribution is 5.76. The molecule has 4 heteroatoms. The first kappa shape index (κ1) is 15.8. The van der Waals surface area contributed by atoms with Crippen molar-refractivity contribution < 1.29 is 9.53 Å². The quantitative estimate of drug-likeness (QED) is 0.875. The topological polar surface area (TPSA) is 64.3 Å². The van der Waals surface area contributed by atoms with Gasteiger partial charge in [-0.05, 0) is 62.8 Å². The Morgan fingerprint density at radius 1 is 1.19 bits per heavy atom. The van der Waals surface area contributed by atoms with Crippen LogP contribution in [0.2, 0.25) is 0 Å². The molecule has 0 saturated heterocycles. The summed E-state index contributed by atoms with van der Waals surface area (Å²) in [5, 5.41) is 3.07. The number of aryl methyl sites for hydroxylation is 2. The molecule has 1 amide bonds. The lowest BCUT2D eigenvalue weighted by atomic mass is 9.92. The van der Waals surface area contributed by atoms with Crippen molar-refractivity contribution in [1.29, 1.82) is 0 Å². The molecule has 1 aromatic rings. The van der Waals surface area contributed by atoms with Crippen LogP contribution in [0.15, 0.2) is 18.2 Å². The minimum atomic E-state index is 0.0693. The number of hydrogen-bond acceptors (Lipinski definition) is 3. The average Bonchev–Trinajstić information content (AvgIpc) is 2.40. The van der Waals surface area contributed by atoms with E-state index in [0.717, 1.165) is 31.4 Å². The van der Waals surface area contributed by atoms with Crippen LogP contribution in [0.25, 0.3) is 0 Å². The van der Waals surface area contributed by atoms with E-state index in [1.807, 2.05) is 26.0 Å². The van der Waals surface area contributed by atoms with Crippen molar-refractivity contribution in [2.24, 2.45) is 5.73 Å². The molecule has 0 radical (unpaired) electrons. The van der Waals surface area contributed by atoms with Crippen LogP contribution in [0.1, 0.15) is 43.2 Å². The Kier molecular flexibility index (Phi) is 5.62. The summed E-state index contributed by atoms with van der Waals surface area (Å²) >= 11 is 0. The highest BCUT2D eigenvalue weighted by Crippen LogP contribution is 2.18. The molecule has 0 aliphatic heterocycles. The largest absolute Gasteiger partial charge is 0.493 e. The number of benzene rings is 1. The van der Waals surface area contributed by atoms with Crippen molar-refractivity contribution in [3.8, 4) is 5.75 Å². The molecule has 1 aromatic carbocycles. The van der Waals surface area contributed by atoms with Gasteiger partial charge in [-0.3, -0.25) is 4.79 Å². The molecule has 0 bridgehead atoms. The van der Waals surface area contributed by atoms with Gasteiger partial charge in [0.25, 0.3) is 0 Å². The van der Waals surface area contributed by atoms with Crippen molar-refractivity contribution in [1.82, 2.24) is 5.32 Å². The fourth-order valence-electron chi connectivity index (χ4n) is 2.84. The van der Waals surface area contributed by atoms with Gasteiger partial charge < -0.3 is 15.8 Å². The first-order valence-corrected chi connectivity index (χ1v) is 7.79.